The summed E-state index contributed by atoms with van der Waals surface area (Å²) in [4.78, 5) is 36.0. The maximum absolute atomic E-state index is 12.6. The molecule has 6 nitrogen and oxygen atoms in total. The SMILES string of the molecule is O=C(O)[I-]c1ccccc1NC(=O)c1cccc(NC(=O)[I-]c2ccccc2)c1. The fourth-order valence-electron chi connectivity index (χ4n) is 2.38. The number of hydrogen-bond acceptors (Lipinski definition) is 3. The molecule has 0 aliphatic rings. The average molecular weight is 614 g/mol. The Morgan fingerprint density at radius 1 is 0.759 bits per heavy atom. The Balaban J connectivity index is 1.68. The quantitative estimate of drug-likeness (QED) is 0.169. The first kappa shape index (κ1) is 21.2. The van der Waals surface area contributed by atoms with Crippen molar-refractivity contribution >= 4 is 25.2 Å². The Bertz CT molecular complexity index is 1040. The summed E-state index contributed by atoms with van der Waals surface area (Å²) in [6.07, 6.45) is 0. The molecule has 8 heteroatoms. The summed E-state index contributed by atoms with van der Waals surface area (Å²) in [5.74, 6) is -0.360. The first-order valence-corrected chi connectivity index (χ1v) is 12.7. The zero-order valence-electron chi connectivity index (χ0n) is 14.9. The fraction of sp³-hybridized carbons (Fsp3) is 0. The third kappa shape index (κ3) is 6.53. The summed E-state index contributed by atoms with van der Waals surface area (Å²) in [6.45, 7) is 0. The van der Waals surface area contributed by atoms with Crippen LogP contribution in [0.25, 0.3) is 0 Å². The van der Waals surface area contributed by atoms with E-state index >= 15 is 0 Å². The summed E-state index contributed by atoms with van der Waals surface area (Å²) in [7, 11) is 0. The van der Waals surface area contributed by atoms with Crippen molar-refractivity contribution in [1.82, 2.24) is 0 Å². The molecule has 3 aromatic rings. The van der Waals surface area contributed by atoms with E-state index < -0.39 is 46.4 Å². The van der Waals surface area contributed by atoms with E-state index in [-0.39, 0.29) is 9.82 Å². The molecule has 3 aromatic carbocycles. The van der Waals surface area contributed by atoms with Crippen LogP contribution >= 0.6 is 0 Å². The third-order valence-corrected chi connectivity index (χ3v) is 7.68. The number of para-hydroxylation sites is 1. The number of nitrogens with one attached hydrogen (secondary N) is 2. The Hall–Kier alpha value is -2.47. The second-order valence-corrected chi connectivity index (χ2v) is 11.0. The van der Waals surface area contributed by atoms with Gasteiger partial charge in [0.15, 0.2) is 0 Å². The standard InChI is InChI=1S/C21H16I2N2O4/c26-19(25-18-12-5-4-11-17(18)23-21(28)29)14-7-6-10-16(13-14)24-20(27)22-15-8-2-1-3-9-15/h1-13H,(H,24,27)(H,25,26)(H,28,29)/q-2. The van der Waals surface area contributed by atoms with E-state index in [9.17, 15) is 14.4 Å². The van der Waals surface area contributed by atoms with Crippen molar-refractivity contribution in [2.24, 2.45) is 0 Å². The number of carbonyl (C=O) groups is 3. The van der Waals surface area contributed by atoms with Crippen molar-refractivity contribution in [1.29, 1.82) is 0 Å². The Labute approximate surface area is 188 Å². The van der Waals surface area contributed by atoms with Gasteiger partial charge in [0.2, 0.25) is 0 Å². The molecule has 0 atom stereocenters. The van der Waals surface area contributed by atoms with E-state index in [1.54, 1.807) is 48.5 Å². The third-order valence-electron chi connectivity index (χ3n) is 3.60. The Morgan fingerprint density at radius 2 is 1.48 bits per heavy atom. The summed E-state index contributed by atoms with van der Waals surface area (Å²) in [5.41, 5.74) is 1.42. The van der Waals surface area contributed by atoms with Crippen LogP contribution in [0.5, 0.6) is 0 Å². The summed E-state index contributed by atoms with van der Waals surface area (Å²) in [6, 6.07) is 23.1. The molecular weight excluding hydrogens is 598 g/mol. The number of amides is 2. The van der Waals surface area contributed by atoms with Gasteiger partial charge < -0.3 is 0 Å². The van der Waals surface area contributed by atoms with Gasteiger partial charge in [0.05, 0.1) is 0 Å². The van der Waals surface area contributed by atoms with Crippen molar-refractivity contribution < 1.29 is 61.9 Å². The van der Waals surface area contributed by atoms with E-state index in [2.05, 4.69) is 10.6 Å². The molecule has 2 amide bonds. The number of halogens is 2. The van der Waals surface area contributed by atoms with Crippen molar-refractivity contribution in [2.45, 2.75) is 0 Å². The summed E-state index contributed by atoms with van der Waals surface area (Å²) in [5, 5.41) is 14.7. The van der Waals surface area contributed by atoms with Crippen LogP contribution in [0, 0.1) is 7.14 Å². The minimum atomic E-state index is -1.25. The molecule has 0 unspecified atom stereocenters. The predicted molar refractivity (Wildman–Crippen MR) is 102 cm³/mol. The van der Waals surface area contributed by atoms with Gasteiger partial charge in [0.25, 0.3) is 0 Å². The molecule has 0 radical (unpaired) electrons. The van der Waals surface area contributed by atoms with Crippen molar-refractivity contribution in [3.63, 3.8) is 0 Å². The number of rotatable bonds is 7. The van der Waals surface area contributed by atoms with Gasteiger partial charge >= 0.3 is 189 Å². The monoisotopic (exact) mass is 614 g/mol. The first-order valence-electron chi connectivity index (χ1n) is 8.40. The number of hydrogen-bond donors (Lipinski definition) is 3. The van der Waals surface area contributed by atoms with Crippen LogP contribution in [-0.4, -0.2) is 18.9 Å². The van der Waals surface area contributed by atoms with Crippen molar-refractivity contribution in [3.05, 3.63) is 91.6 Å². The normalized spacial score (nSPS) is 10.5. The molecule has 0 spiro atoms. The van der Waals surface area contributed by atoms with Gasteiger partial charge in [-0.2, -0.15) is 0 Å². The Kier molecular flexibility index (Phi) is 7.58. The van der Waals surface area contributed by atoms with E-state index in [0.29, 0.717) is 20.5 Å². The van der Waals surface area contributed by atoms with Crippen molar-refractivity contribution in [3.8, 4) is 0 Å². The second kappa shape index (κ2) is 10.3. The first-order chi connectivity index (χ1) is 14.0. The minimum absolute atomic E-state index is 0.0656. The van der Waals surface area contributed by atoms with Crippen molar-refractivity contribution in [2.75, 3.05) is 10.6 Å². The molecule has 0 saturated carbocycles. The maximum atomic E-state index is 12.6. The van der Waals surface area contributed by atoms with E-state index in [0.717, 1.165) is 3.57 Å². The summed E-state index contributed by atoms with van der Waals surface area (Å²) >= 11 is -2.10. The summed E-state index contributed by atoms with van der Waals surface area (Å²) < 4.78 is 0.710. The van der Waals surface area contributed by atoms with E-state index in [1.165, 1.54) is 0 Å². The van der Waals surface area contributed by atoms with Gasteiger partial charge in [-0.15, -0.1) is 0 Å². The molecule has 0 bridgehead atoms. The molecule has 3 rings (SSSR count). The Morgan fingerprint density at radius 3 is 2.24 bits per heavy atom. The van der Waals surface area contributed by atoms with Crippen LogP contribution in [0.3, 0.4) is 0 Å². The van der Waals surface area contributed by atoms with E-state index in [1.807, 2.05) is 30.3 Å². The zero-order chi connectivity index (χ0) is 20.6. The predicted octanol–water partition coefficient (Wildman–Crippen LogP) is -1.63. The molecule has 0 aromatic heterocycles. The van der Waals surface area contributed by atoms with Gasteiger partial charge in [-0.1, -0.05) is 0 Å². The zero-order valence-corrected chi connectivity index (χ0v) is 19.2. The number of carbonyl (C=O) groups excluding carboxylic acids is 2. The molecule has 0 aliphatic carbocycles. The van der Waals surface area contributed by atoms with Crippen LogP contribution in [0.15, 0.2) is 78.9 Å². The van der Waals surface area contributed by atoms with E-state index in [4.69, 9.17) is 5.11 Å². The van der Waals surface area contributed by atoms with Crippen LogP contribution < -0.4 is 53.0 Å². The van der Waals surface area contributed by atoms with Gasteiger partial charge in [0, 0.05) is 0 Å². The second-order valence-electron chi connectivity index (χ2n) is 5.65. The molecule has 150 valence electrons. The van der Waals surface area contributed by atoms with Gasteiger partial charge in [-0.05, 0) is 0 Å². The molecule has 0 saturated heterocycles. The molecule has 0 aliphatic heterocycles. The number of benzene rings is 3. The van der Waals surface area contributed by atoms with Crippen LogP contribution in [0.1, 0.15) is 10.4 Å². The molecule has 0 heterocycles. The van der Waals surface area contributed by atoms with Gasteiger partial charge in [-0.3, -0.25) is 0 Å². The number of carboxylic acid groups (broad SMARTS) is 1. The van der Waals surface area contributed by atoms with Crippen LogP contribution in [0.4, 0.5) is 21.0 Å². The molecule has 3 N–H and O–H groups in total. The fourth-order valence-corrected chi connectivity index (χ4v) is 5.65. The number of anilines is 2. The van der Waals surface area contributed by atoms with Crippen LogP contribution in [0.2, 0.25) is 0 Å². The van der Waals surface area contributed by atoms with Gasteiger partial charge in [-0.25, -0.2) is 0 Å². The van der Waals surface area contributed by atoms with Crippen LogP contribution in [-0.2, 0) is 0 Å². The average Bonchev–Trinajstić information content (AvgIpc) is 2.70. The molecule has 29 heavy (non-hydrogen) atoms. The molecule has 0 fully saturated rings. The van der Waals surface area contributed by atoms with Gasteiger partial charge in [0.1, 0.15) is 0 Å². The molecular formula is C21H16I2N2O4-2. The topological polar surface area (TPSA) is 95.5 Å².